The van der Waals surface area contributed by atoms with E-state index >= 15 is 0 Å². The maximum absolute atomic E-state index is 11.9. The molecule has 0 aliphatic carbocycles. The highest BCUT2D eigenvalue weighted by Gasteiger charge is 2.26. The van der Waals surface area contributed by atoms with Gasteiger partial charge in [-0.3, -0.25) is 4.79 Å². The number of aromatic carboxylic acids is 1. The van der Waals surface area contributed by atoms with E-state index in [-0.39, 0.29) is 43.4 Å². The van der Waals surface area contributed by atoms with Crippen LogP contribution < -0.4 is 11.1 Å². The first-order valence-corrected chi connectivity index (χ1v) is 7.29. The molecule has 1 aromatic carbocycles. The van der Waals surface area contributed by atoms with Crippen molar-refractivity contribution < 1.29 is 19.8 Å². The van der Waals surface area contributed by atoms with Crippen LogP contribution in [0.4, 0.5) is 5.69 Å². The number of hydrogen-bond donors (Lipinski definition) is 4. The Labute approximate surface area is 133 Å². The van der Waals surface area contributed by atoms with Gasteiger partial charge in [0.15, 0.2) is 0 Å². The van der Waals surface area contributed by atoms with Crippen LogP contribution in [0, 0.1) is 0 Å². The molecule has 0 aromatic heterocycles. The number of aliphatic hydroxyl groups is 1. The molecule has 0 fully saturated rings. The Bertz CT molecular complexity index is 548. The lowest BCUT2D eigenvalue weighted by Gasteiger charge is -2.14. The van der Waals surface area contributed by atoms with Gasteiger partial charge < -0.3 is 21.3 Å². The van der Waals surface area contributed by atoms with E-state index in [0.29, 0.717) is 0 Å². The molecule has 0 aliphatic rings. The fraction of sp³-hybridized carbons (Fsp3) is 0.200. The highest BCUT2D eigenvalue weighted by molar-refractivity contribution is 9.11. The number of hydrogen-bond acceptors (Lipinski definition) is 4. The second-order valence-electron chi connectivity index (χ2n) is 3.39. The zero-order valence-corrected chi connectivity index (χ0v) is 14.1. The van der Waals surface area contributed by atoms with Gasteiger partial charge in [-0.15, -0.1) is 0 Å². The predicted molar refractivity (Wildman–Crippen MR) is 80.3 cm³/mol. The van der Waals surface area contributed by atoms with E-state index < -0.39 is 11.9 Å². The molecule has 0 saturated carbocycles. The predicted octanol–water partition coefficient (Wildman–Crippen LogP) is 1.98. The summed E-state index contributed by atoms with van der Waals surface area (Å²) in [5.74, 6) is -1.77. The Kier molecular flexibility index (Phi) is 5.78. The number of carbonyl (C=O) groups is 2. The molecule has 0 unspecified atom stereocenters. The molecule has 0 atom stereocenters. The Morgan fingerprint density at radius 3 is 2.11 bits per heavy atom. The van der Waals surface area contributed by atoms with Crippen molar-refractivity contribution in [2.24, 2.45) is 0 Å². The number of carboxylic acid groups (broad SMARTS) is 1. The normalized spacial score (nSPS) is 10.3. The van der Waals surface area contributed by atoms with Gasteiger partial charge in [0.05, 0.1) is 32.4 Å². The molecule has 5 N–H and O–H groups in total. The number of rotatable bonds is 4. The number of anilines is 1. The Balaban J connectivity index is 3.48. The number of benzene rings is 1. The molecule has 1 aromatic rings. The molecule has 1 rings (SSSR count). The third-order valence-electron chi connectivity index (χ3n) is 2.19. The molecular weight excluding hydrogens is 452 g/mol. The first-order valence-electron chi connectivity index (χ1n) is 4.91. The molecule has 19 heavy (non-hydrogen) atoms. The number of amides is 1. The summed E-state index contributed by atoms with van der Waals surface area (Å²) in [5.41, 5.74) is 5.77. The SMILES string of the molecule is Nc1c(Br)c(C(=O)O)c(Br)c(C(=O)NCCO)c1Br. The third kappa shape index (κ3) is 3.28. The summed E-state index contributed by atoms with van der Waals surface area (Å²) in [6.07, 6.45) is 0. The third-order valence-corrected chi connectivity index (χ3v) is 4.63. The molecule has 0 spiro atoms. The van der Waals surface area contributed by atoms with E-state index in [9.17, 15) is 9.59 Å². The average molecular weight is 461 g/mol. The average Bonchev–Trinajstić information content (AvgIpc) is 2.33. The van der Waals surface area contributed by atoms with Gasteiger partial charge in [0.25, 0.3) is 5.91 Å². The monoisotopic (exact) mass is 458 g/mol. The van der Waals surface area contributed by atoms with Crippen LogP contribution in [-0.4, -0.2) is 35.2 Å². The maximum atomic E-state index is 11.9. The number of carboxylic acids is 1. The lowest BCUT2D eigenvalue weighted by molar-refractivity contribution is 0.0695. The van der Waals surface area contributed by atoms with E-state index in [1.54, 1.807) is 0 Å². The fourth-order valence-corrected chi connectivity index (χ4v) is 4.02. The summed E-state index contributed by atoms with van der Waals surface area (Å²) in [6.45, 7) is -0.172. The summed E-state index contributed by atoms with van der Waals surface area (Å²) in [4.78, 5) is 23.1. The van der Waals surface area contributed by atoms with Crippen molar-refractivity contribution in [3.05, 3.63) is 24.5 Å². The van der Waals surface area contributed by atoms with Crippen LogP contribution in [-0.2, 0) is 0 Å². The van der Waals surface area contributed by atoms with Gasteiger partial charge in [0, 0.05) is 11.0 Å². The minimum atomic E-state index is -1.23. The van der Waals surface area contributed by atoms with Crippen LogP contribution in [0.15, 0.2) is 13.4 Å². The van der Waals surface area contributed by atoms with Crippen molar-refractivity contribution in [1.29, 1.82) is 0 Å². The molecule has 104 valence electrons. The summed E-state index contributed by atoms with van der Waals surface area (Å²) in [6, 6.07) is 0. The van der Waals surface area contributed by atoms with Crippen LogP contribution in [0.3, 0.4) is 0 Å². The van der Waals surface area contributed by atoms with Crippen molar-refractivity contribution >= 4 is 65.4 Å². The van der Waals surface area contributed by atoms with Gasteiger partial charge in [-0.25, -0.2) is 4.79 Å². The van der Waals surface area contributed by atoms with E-state index in [4.69, 9.17) is 15.9 Å². The van der Waals surface area contributed by atoms with Gasteiger partial charge in [0.1, 0.15) is 0 Å². The number of aliphatic hydroxyl groups excluding tert-OH is 1. The molecule has 0 radical (unpaired) electrons. The van der Waals surface area contributed by atoms with Crippen molar-refractivity contribution in [2.45, 2.75) is 0 Å². The van der Waals surface area contributed by atoms with Crippen LogP contribution in [0.1, 0.15) is 20.7 Å². The molecule has 0 heterocycles. The Morgan fingerprint density at radius 2 is 1.63 bits per heavy atom. The summed E-state index contributed by atoms with van der Waals surface area (Å²) in [7, 11) is 0. The van der Waals surface area contributed by atoms with E-state index in [0.717, 1.165) is 0 Å². The van der Waals surface area contributed by atoms with Crippen molar-refractivity contribution in [3.63, 3.8) is 0 Å². The smallest absolute Gasteiger partial charge is 0.338 e. The number of halogens is 3. The quantitative estimate of drug-likeness (QED) is 0.513. The standard InChI is InChI=1S/C10H9Br3N2O4/c11-5-3(9(17)15-1-2-16)6(12)8(14)7(13)4(5)10(18)19/h16H,1-2,14H2,(H,15,17)(H,18,19). The first kappa shape index (κ1) is 16.4. The minimum absolute atomic E-state index is 0.0517. The molecule has 1 amide bonds. The minimum Gasteiger partial charge on any atom is -0.478 e. The number of nitrogen functional groups attached to an aromatic ring is 1. The second kappa shape index (κ2) is 6.69. The van der Waals surface area contributed by atoms with Gasteiger partial charge >= 0.3 is 5.97 Å². The van der Waals surface area contributed by atoms with Crippen molar-refractivity contribution in [2.75, 3.05) is 18.9 Å². The summed E-state index contributed by atoms with van der Waals surface area (Å²) in [5, 5.41) is 20.2. The highest BCUT2D eigenvalue weighted by atomic mass is 79.9. The zero-order chi connectivity index (χ0) is 14.7. The summed E-state index contributed by atoms with van der Waals surface area (Å²) < 4.78 is 0.549. The number of carbonyl (C=O) groups excluding carboxylic acids is 1. The van der Waals surface area contributed by atoms with Gasteiger partial charge in [-0.1, -0.05) is 0 Å². The maximum Gasteiger partial charge on any atom is 0.338 e. The van der Waals surface area contributed by atoms with Crippen molar-refractivity contribution in [3.8, 4) is 0 Å². The largest absolute Gasteiger partial charge is 0.478 e. The molecule has 9 heteroatoms. The second-order valence-corrected chi connectivity index (χ2v) is 5.77. The first-order chi connectivity index (χ1) is 8.82. The van der Waals surface area contributed by atoms with Crippen LogP contribution in [0.25, 0.3) is 0 Å². The van der Waals surface area contributed by atoms with E-state index in [1.165, 1.54) is 0 Å². The van der Waals surface area contributed by atoms with Crippen LogP contribution in [0.5, 0.6) is 0 Å². The molecular formula is C10H9Br3N2O4. The molecule has 0 saturated heterocycles. The van der Waals surface area contributed by atoms with E-state index in [2.05, 4.69) is 53.1 Å². The van der Waals surface area contributed by atoms with Gasteiger partial charge in [0.2, 0.25) is 0 Å². The Hall–Kier alpha value is -0.640. The van der Waals surface area contributed by atoms with Gasteiger partial charge in [-0.2, -0.15) is 0 Å². The zero-order valence-electron chi connectivity index (χ0n) is 9.34. The summed E-state index contributed by atoms with van der Waals surface area (Å²) >= 11 is 9.33. The van der Waals surface area contributed by atoms with E-state index in [1.807, 2.05) is 0 Å². The lowest BCUT2D eigenvalue weighted by Crippen LogP contribution is -2.28. The highest BCUT2D eigenvalue weighted by Crippen LogP contribution is 2.40. The molecule has 0 bridgehead atoms. The van der Waals surface area contributed by atoms with Crippen LogP contribution in [0.2, 0.25) is 0 Å². The molecule has 6 nitrogen and oxygen atoms in total. The molecule has 0 aliphatic heterocycles. The lowest BCUT2D eigenvalue weighted by atomic mass is 10.1. The van der Waals surface area contributed by atoms with Crippen LogP contribution >= 0.6 is 47.8 Å². The Morgan fingerprint density at radius 1 is 1.11 bits per heavy atom. The van der Waals surface area contributed by atoms with Crippen molar-refractivity contribution in [1.82, 2.24) is 5.32 Å². The number of nitrogens with one attached hydrogen (secondary N) is 1. The topological polar surface area (TPSA) is 113 Å². The fourth-order valence-electron chi connectivity index (χ4n) is 1.33. The van der Waals surface area contributed by atoms with Gasteiger partial charge in [-0.05, 0) is 47.8 Å². The number of nitrogens with two attached hydrogens (primary N) is 1.